The zero-order valence-electron chi connectivity index (χ0n) is 20.8. The van der Waals surface area contributed by atoms with Crippen molar-refractivity contribution < 1.29 is 18.0 Å². The lowest BCUT2D eigenvalue weighted by Crippen LogP contribution is -2.42. The fraction of sp³-hybridized carbons (Fsp3) is 0.481. The highest BCUT2D eigenvalue weighted by atomic mass is 32.2. The van der Waals surface area contributed by atoms with Crippen LogP contribution < -0.4 is 5.32 Å². The molecule has 8 heteroatoms. The molecule has 1 N–H and O–H groups in total. The number of hydrogen-bond donors (Lipinski definition) is 1. The van der Waals surface area contributed by atoms with E-state index in [1.165, 1.54) is 16.4 Å². The quantitative estimate of drug-likeness (QED) is 0.650. The largest absolute Gasteiger partial charge is 0.336 e. The van der Waals surface area contributed by atoms with E-state index in [0.29, 0.717) is 35.8 Å². The van der Waals surface area contributed by atoms with E-state index in [9.17, 15) is 18.0 Å². The molecule has 2 amide bonds. The molecule has 0 saturated carbocycles. The second-order valence-corrected chi connectivity index (χ2v) is 11.9. The fourth-order valence-electron chi connectivity index (χ4n) is 4.85. The summed E-state index contributed by atoms with van der Waals surface area (Å²) in [5.74, 6) is 0.238. The molecular formula is C27H35N3O4S. The molecule has 7 nitrogen and oxygen atoms in total. The van der Waals surface area contributed by atoms with Gasteiger partial charge in [0.15, 0.2) is 0 Å². The summed E-state index contributed by atoms with van der Waals surface area (Å²) >= 11 is 0. The maximum absolute atomic E-state index is 12.9. The lowest BCUT2D eigenvalue weighted by Gasteiger charge is -2.33. The van der Waals surface area contributed by atoms with Crippen molar-refractivity contribution in [1.82, 2.24) is 9.21 Å². The number of benzene rings is 2. The summed E-state index contributed by atoms with van der Waals surface area (Å²) in [5.41, 5.74) is 2.42. The van der Waals surface area contributed by atoms with Gasteiger partial charge in [0.1, 0.15) is 0 Å². The third kappa shape index (κ3) is 5.59. The summed E-state index contributed by atoms with van der Waals surface area (Å²) in [6, 6.07) is 11.6. The van der Waals surface area contributed by atoms with Crippen molar-refractivity contribution in [2.45, 2.75) is 63.8 Å². The Balaban J connectivity index is 1.43. The maximum Gasteiger partial charge on any atom is 0.255 e. The van der Waals surface area contributed by atoms with Gasteiger partial charge in [0.05, 0.1) is 4.90 Å². The predicted molar refractivity (Wildman–Crippen MR) is 137 cm³/mol. The Morgan fingerprint density at radius 2 is 1.54 bits per heavy atom. The molecular weight excluding hydrogens is 462 g/mol. The van der Waals surface area contributed by atoms with Crippen molar-refractivity contribution in [3.05, 3.63) is 59.2 Å². The van der Waals surface area contributed by atoms with Gasteiger partial charge in [0.25, 0.3) is 11.8 Å². The Hall–Kier alpha value is -2.71. The topological polar surface area (TPSA) is 86.8 Å². The van der Waals surface area contributed by atoms with E-state index in [0.717, 1.165) is 44.2 Å². The molecule has 2 aliphatic rings. The van der Waals surface area contributed by atoms with Crippen LogP contribution in [-0.4, -0.2) is 55.1 Å². The molecule has 2 heterocycles. The molecule has 1 unspecified atom stereocenters. The Morgan fingerprint density at radius 1 is 0.886 bits per heavy atom. The monoisotopic (exact) mass is 497 g/mol. The minimum absolute atomic E-state index is 0.0261. The van der Waals surface area contributed by atoms with Crippen LogP contribution in [0.4, 0.5) is 5.69 Å². The summed E-state index contributed by atoms with van der Waals surface area (Å²) in [4.78, 5) is 27.9. The van der Waals surface area contributed by atoms with Gasteiger partial charge in [0, 0.05) is 42.5 Å². The van der Waals surface area contributed by atoms with Crippen molar-refractivity contribution in [2.75, 3.05) is 25.0 Å². The van der Waals surface area contributed by atoms with Gasteiger partial charge in [-0.3, -0.25) is 9.59 Å². The van der Waals surface area contributed by atoms with Crippen LogP contribution in [0.15, 0.2) is 47.4 Å². The molecule has 2 fully saturated rings. The first-order valence-electron chi connectivity index (χ1n) is 12.5. The first-order chi connectivity index (χ1) is 16.7. The van der Waals surface area contributed by atoms with Gasteiger partial charge < -0.3 is 10.2 Å². The molecule has 35 heavy (non-hydrogen) atoms. The first-order valence-corrected chi connectivity index (χ1v) is 13.9. The SMILES string of the molecule is Cc1cc(C(=O)N2CCCCC2C)ccc1NC(=O)c1ccc(S(=O)(=O)N2CCC(C)CC2)cc1. The molecule has 0 aliphatic carbocycles. The summed E-state index contributed by atoms with van der Waals surface area (Å²) in [5, 5.41) is 2.88. The van der Waals surface area contributed by atoms with Gasteiger partial charge in [-0.2, -0.15) is 4.31 Å². The van der Waals surface area contributed by atoms with Crippen LogP contribution in [-0.2, 0) is 10.0 Å². The van der Waals surface area contributed by atoms with Crippen LogP contribution in [0.2, 0.25) is 0 Å². The molecule has 0 aromatic heterocycles. The molecule has 0 bridgehead atoms. The number of hydrogen-bond acceptors (Lipinski definition) is 4. The van der Waals surface area contributed by atoms with Crippen LogP contribution in [0.5, 0.6) is 0 Å². The van der Waals surface area contributed by atoms with E-state index in [1.807, 2.05) is 17.9 Å². The minimum atomic E-state index is -3.55. The van der Waals surface area contributed by atoms with Crippen molar-refractivity contribution in [1.29, 1.82) is 0 Å². The van der Waals surface area contributed by atoms with Crippen LogP contribution in [0.1, 0.15) is 72.2 Å². The highest BCUT2D eigenvalue weighted by molar-refractivity contribution is 7.89. The maximum atomic E-state index is 12.9. The second-order valence-electron chi connectivity index (χ2n) is 9.94. The molecule has 2 aromatic rings. The minimum Gasteiger partial charge on any atom is -0.336 e. The number of likely N-dealkylation sites (tertiary alicyclic amines) is 1. The van der Waals surface area contributed by atoms with E-state index in [-0.39, 0.29) is 22.8 Å². The van der Waals surface area contributed by atoms with Gasteiger partial charge in [-0.1, -0.05) is 6.92 Å². The number of anilines is 1. The predicted octanol–water partition coefficient (Wildman–Crippen LogP) is 4.68. The lowest BCUT2D eigenvalue weighted by atomic mass is 10.0. The number of rotatable bonds is 5. The summed E-state index contributed by atoms with van der Waals surface area (Å²) in [7, 11) is -3.55. The lowest BCUT2D eigenvalue weighted by molar-refractivity contribution is 0.0635. The number of nitrogens with one attached hydrogen (secondary N) is 1. The van der Waals surface area contributed by atoms with Crippen LogP contribution in [0, 0.1) is 12.8 Å². The van der Waals surface area contributed by atoms with E-state index in [4.69, 9.17) is 0 Å². The van der Waals surface area contributed by atoms with Crippen molar-refractivity contribution in [3.63, 3.8) is 0 Å². The van der Waals surface area contributed by atoms with Crippen LogP contribution >= 0.6 is 0 Å². The average Bonchev–Trinajstić information content (AvgIpc) is 2.85. The molecule has 4 rings (SSSR count). The van der Waals surface area contributed by atoms with Gasteiger partial charge in [0.2, 0.25) is 10.0 Å². The molecule has 0 radical (unpaired) electrons. The first kappa shape index (κ1) is 25.4. The van der Waals surface area contributed by atoms with E-state index >= 15 is 0 Å². The number of aryl methyl sites for hydroxylation is 1. The summed E-state index contributed by atoms with van der Waals surface area (Å²) in [6.45, 7) is 7.92. The Bertz CT molecular complexity index is 1190. The van der Waals surface area contributed by atoms with Crippen molar-refractivity contribution in [3.8, 4) is 0 Å². The zero-order chi connectivity index (χ0) is 25.2. The number of carbonyl (C=O) groups is 2. The second kappa shape index (κ2) is 10.5. The van der Waals surface area contributed by atoms with E-state index < -0.39 is 10.0 Å². The Morgan fingerprint density at radius 3 is 2.17 bits per heavy atom. The van der Waals surface area contributed by atoms with Crippen molar-refractivity contribution >= 4 is 27.5 Å². The van der Waals surface area contributed by atoms with Crippen LogP contribution in [0.25, 0.3) is 0 Å². The van der Waals surface area contributed by atoms with E-state index in [2.05, 4.69) is 19.2 Å². The third-order valence-corrected chi connectivity index (χ3v) is 9.20. The van der Waals surface area contributed by atoms with Gasteiger partial charge >= 0.3 is 0 Å². The Kier molecular flexibility index (Phi) is 7.62. The number of sulfonamides is 1. The molecule has 1 atom stereocenters. The fourth-order valence-corrected chi connectivity index (χ4v) is 6.32. The summed E-state index contributed by atoms with van der Waals surface area (Å²) < 4.78 is 27.4. The zero-order valence-corrected chi connectivity index (χ0v) is 21.6. The third-order valence-electron chi connectivity index (χ3n) is 7.28. The van der Waals surface area contributed by atoms with E-state index in [1.54, 1.807) is 24.3 Å². The smallest absolute Gasteiger partial charge is 0.255 e. The number of piperidine rings is 2. The average molecular weight is 498 g/mol. The Labute approximate surface area is 208 Å². The van der Waals surface area contributed by atoms with Gasteiger partial charge in [-0.05, 0) is 99.9 Å². The van der Waals surface area contributed by atoms with Crippen molar-refractivity contribution in [2.24, 2.45) is 5.92 Å². The van der Waals surface area contributed by atoms with Gasteiger partial charge in [-0.15, -0.1) is 0 Å². The molecule has 2 aliphatic heterocycles. The highest BCUT2D eigenvalue weighted by Crippen LogP contribution is 2.25. The molecule has 0 spiro atoms. The number of amides is 2. The molecule has 2 aromatic carbocycles. The van der Waals surface area contributed by atoms with Gasteiger partial charge in [-0.25, -0.2) is 8.42 Å². The molecule has 188 valence electrons. The number of carbonyl (C=O) groups excluding carboxylic acids is 2. The normalized spacial score (nSPS) is 20.0. The summed E-state index contributed by atoms with van der Waals surface area (Å²) in [6.07, 6.45) is 4.93. The highest BCUT2D eigenvalue weighted by Gasteiger charge is 2.28. The number of nitrogens with zero attached hydrogens (tertiary/aromatic N) is 2. The standard InChI is InChI=1S/C27H35N3O4S/c1-19-13-16-29(17-14-19)35(33,34)24-10-7-22(8-11-24)26(31)28-25-12-9-23(18-20(25)2)27(32)30-15-5-4-6-21(30)3/h7-12,18-19,21H,4-6,13-17H2,1-3H3,(H,28,31). The molecule has 2 saturated heterocycles. The van der Waals surface area contributed by atoms with Crippen LogP contribution in [0.3, 0.4) is 0 Å².